The Morgan fingerprint density at radius 3 is 1.55 bits per heavy atom. The second kappa shape index (κ2) is 7.55. The zero-order valence-electron chi connectivity index (χ0n) is 5.97. The van der Waals surface area contributed by atoms with Gasteiger partial charge in [-0.3, -0.25) is 0 Å². The van der Waals surface area contributed by atoms with Gasteiger partial charge in [0.05, 0.1) is 0 Å². The van der Waals surface area contributed by atoms with Gasteiger partial charge in [0.2, 0.25) is 0 Å². The molecule has 0 atom stereocenters. The number of benzene rings is 1. The average Bonchev–Trinajstić information content (AvgIpc) is 1.87. The summed E-state index contributed by atoms with van der Waals surface area (Å²) in [7, 11) is 15.0. The minimum atomic E-state index is -2.03. The molecule has 0 bridgehead atoms. The summed E-state index contributed by atoms with van der Waals surface area (Å²) in [5.41, 5.74) is 1.32. The average molecular weight is 320 g/mol. The van der Waals surface area contributed by atoms with Crippen LogP contribution in [0.15, 0.2) is 30.3 Å². The molecule has 0 aromatic heterocycles. The van der Waals surface area contributed by atoms with E-state index in [0.29, 0.717) is 0 Å². The van der Waals surface area contributed by atoms with Crippen LogP contribution < -0.4 is 0 Å². The number of hydrogen-bond acceptors (Lipinski definition) is 0. The Balaban J connectivity index is 0.000000218. The number of hydrogen-bond donors (Lipinski definition) is 0. The standard InChI is InChI=1S/C7H8.3ClH.Sb/c1-7-5-3-2-4-6-7;;;;/h2-6H,1H3;3*1H;/q;;;;+3/p-3. The van der Waals surface area contributed by atoms with Crippen molar-refractivity contribution in [3.05, 3.63) is 35.9 Å². The van der Waals surface area contributed by atoms with Crippen molar-refractivity contribution in [2.24, 2.45) is 0 Å². The predicted octanol–water partition coefficient (Wildman–Crippen LogP) is 3.68. The first-order valence-corrected chi connectivity index (χ1v) is 12.6. The Hall–Kier alpha value is 0.908. The van der Waals surface area contributed by atoms with E-state index in [0.717, 1.165) is 0 Å². The van der Waals surface area contributed by atoms with Crippen molar-refractivity contribution in [1.29, 1.82) is 0 Å². The van der Waals surface area contributed by atoms with E-state index >= 15 is 0 Å². The van der Waals surface area contributed by atoms with Crippen LogP contribution in [0.3, 0.4) is 0 Å². The molecule has 4 heteroatoms. The molecule has 11 heavy (non-hydrogen) atoms. The first kappa shape index (κ1) is 11.9. The SMILES string of the molecule is Cc1ccccc1.[Cl][Sb]([Cl])[Cl]. The van der Waals surface area contributed by atoms with Gasteiger partial charge < -0.3 is 0 Å². The van der Waals surface area contributed by atoms with Crippen LogP contribution in [-0.2, 0) is 0 Å². The van der Waals surface area contributed by atoms with E-state index in [1.54, 1.807) is 0 Å². The Morgan fingerprint density at radius 2 is 1.36 bits per heavy atom. The van der Waals surface area contributed by atoms with Crippen LogP contribution in [0.4, 0.5) is 0 Å². The number of rotatable bonds is 0. The zero-order chi connectivity index (χ0) is 8.69. The third-order valence-corrected chi connectivity index (χ3v) is 0.940. The van der Waals surface area contributed by atoms with Crippen LogP contribution >= 0.6 is 26.5 Å². The molecule has 1 rings (SSSR count). The molecular formula is C7H8Cl3Sb. The van der Waals surface area contributed by atoms with E-state index in [-0.39, 0.29) is 0 Å². The molecule has 1 aromatic rings. The molecule has 0 radical (unpaired) electrons. The summed E-state index contributed by atoms with van der Waals surface area (Å²) in [5, 5.41) is 0. The van der Waals surface area contributed by atoms with Gasteiger partial charge >= 0.3 is 43.3 Å². The van der Waals surface area contributed by atoms with Gasteiger partial charge in [-0.1, -0.05) is 35.9 Å². The van der Waals surface area contributed by atoms with Crippen molar-refractivity contribution in [3.63, 3.8) is 0 Å². The molecule has 0 spiro atoms. The van der Waals surface area contributed by atoms with Crippen molar-refractivity contribution in [3.8, 4) is 0 Å². The third kappa shape index (κ3) is 10.9. The molecule has 0 unspecified atom stereocenters. The van der Waals surface area contributed by atoms with E-state index in [1.165, 1.54) is 5.56 Å². The van der Waals surface area contributed by atoms with Crippen molar-refractivity contribution in [2.45, 2.75) is 6.92 Å². The Kier molecular flexibility index (Phi) is 8.18. The van der Waals surface area contributed by atoms with E-state index in [2.05, 4.69) is 19.1 Å². The van der Waals surface area contributed by atoms with Crippen LogP contribution in [-0.4, -0.2) is 16.8 Å². The van der Waals surface area contributed by atoms with Crippen LogP contribution in [0.25, 0.3) is 0 Å². The van der Waals surface area contributed by atoms with Gasteiger partial charge in [0.1, 0.15) is 0 Å². The number of aryl methyl sites for hydroxylation is 1. The van der Waals surface area contributed by atoms with Gasteiger partial charge in [-0.2, -0.15) is 0 Å². The van der Waals surface area contributed by atoms with Crippen LogP contribution in [0, 0.1) is 6.92 Å². The van der Waals surface area contributed by atoms with Crippen LogP contribution in [0.1, 0.15) is 5.56 Å². The molecular weight excluding hydrogens is 312 g/mol. The van der Waals surface area contributed by atoms with Gasteiger partial charge in [0.15, 0.2) is 0 Å². The second-order valence-electron chi connectivity index (χ2n) is 1.85. The van der Waals surface area contributed by atoms with Gasteiger partial charge in [-0.05, 0) is 6.92 Å². The molecule has 1 aromatic carbocycles. The molecule has 0 aliphatic heterocycles. The van der Waals surface area contributed by atoms with E-state index in [9.17, 15) is 0 Å². The summed E-state index contributed by atoms with van der Waals surface area (Å²) in [4.78, 5) is 0. The molecule has 62 valence electrons. The van der Waals surface area contributed by atoms with Crippen LogP contribution in [0.2, 0.25) is 0 Å². The first-order chi connectivity index (χ1) is 5.13. The molecule has 0 heterocycles. The van der Waals surface area contributed by atoms with Crippen LogP contribution in [0.5, 0.6) is 0 Å². The van der Waals surface area contributed by atoms with Gasteiger partial charge in [-0.25, -0.2) is 0 Å². The molecule has 0 aliphatic rings. The fourth-order valence-electron chi connectivity index (χ4n) is 0.534. The van der Waals surface area contributed by atoms with Crippen molar-refractivity contribution in [1.82, 2.24) is 0 Å². The van der Waals surface area contributed by atoms with E-state index < -0.39 is 16.8 Å². The number of halogens is 3. The van der Waals surface area contributed by atoms with Crippen molar-refractivity contribution in [2.75, 3.05) is 0 Å². The Labute approximate surface area is 85.4 Å². The summed E-state index contributed by atoms with van der Waals surface area (Å²) in [6, 6.07) is 10.3. The van der Waals surface area contributed by atoms with E-state index in [4.69, 9.17) is 26.5 Å². The third-order valence-electron chi connectivity index (χ3n) is 0.940. The topological polar surface area (TPSA) is 0 Å². The molecule has 0 amide bonds. The predicted molar refractivity (Wildman–Crippen MR) is 54.5 cm³/mol. The second-order valence-corrected chi connectivity index (χ2v) is 13.2. The zero-order valence-corrected chi connectivity index (χ0v) is 10.8. The molecule has 0 saturated carbocycles. The molecule has 0 saturated heterocycles. The molecule has 0 fully saturated rings. The first-order valence-electron chi connectivity index (χ1n) is 2.92. The molecule has 0 N–H and O–H groups in total. The van der Waals surface area contributed by atoms with Gasteiger partial charge in [0, 0.05) is 0 Å². The maximum atomic E-state index is 4.99. The summed E-state index contributed by atoms with van der Waals surface area (Å²) >= 11 is -2.03. The summed E-state index contributed by atoms with van der Waals surface area (Å²) in [6.07, 6.45) is 0. The monoisotopic (exact) mass is 318 g/mol. The van der Waals surface area contributed by atoms with Crippen molar-refractivity contribution < 1.29 is 0 Å². The Bertz CT molecular complexity index is 174. The fraction of sp³-hybridized carbons (Fsp3) is 0.143. The minimum absolute atomic E-state index is 1.32. The summed E-state index contributed by atoms with van der Waals surface area (Å²) < 4.78 is 0. The normalized spacial score (nSPS) is 8.82. The fourth-order valence-corrected chi connectivity index (χ4v) is 0.534. The van der Waals surface area contributed by atoms with Gasteiger partial charge in [-0.15, -0.1) is 0 Å². The van der Waals surface area contributed by atoms with Gasteiger partial charge in [0.25, 0.3) is 0 Å². The van der Waals surface area contributed by atoms with Crippen molar-refractivity contribution >= 4 is 43.3 Å². The summed E-state index contributed by atoms with van der Waals surface area (Å²) in [6.45, 7) is 2.08. The maximum absolute atomic E-state index is 4.99. The summed E-state index contributed by atoms with van der Waals surface area (Å²) in [5.74, 6) is 0. The Morgan fingerprint density at radius 1 is 1.00 bits per heavy atom. The molecule has 0 nitrogen and oxygen atoms in total. The van der Waals surface area contributed by atoms with E-state index in [1.807, 2.05) is 18.2 Å². The molecule has 0 aliphatic carbocycles. The quantitative estimate of drug-likeness (QED) is 0.640.